The molecule has 0 spiro atoms. The van der Waals surface area contributed by atoms with Gasteiger partial charge in [-0.1, -0.05) is 38.1 Å². The van der Waals surface area contributed by atoms with E-state index in [1.807, 2.05) is 62.4 Å². The van der Waals surface area contributed by atoms with Crippen LogP contribution in [0.3, 0.4) is 0 Å². The Bertz CT molecular complexity index is 662. The minimum Gasteiger partial charge on any atom is -0.497 e. The summed E-state index contributed by atoms with van der Waals surface area (Å²) in [6, 6.07) is 15.8. The maximum Gasteiger partial charge on any atom is 0.142 e. The Hall–Kier alpha value is -2.33. The SMILES string of the molecule is COc1ccc([C@H]2N[C@@H](c3ccc(OC)cc3)[C@H](C)C(=O)[C@@H]2C)cc1. The molecule has 1 aliphatic rings. The van der Waals surface area contributed by atoms with Gasteiger partial charge in [0.1, 0.15) is 17.3 Å². The van der Waals surface area contributed by atoms with Crippen LogP contribution in [0.4, 0.5) is 0 Å². The van der Waals surface area contributed by atoms with Crippen molar-refractivity contribution in [2.45, 2.75) is 25.9 Å². The lowest BCUT2D eigenvalue weighted by Gasteiger charge is -2.39. The van der Waals surface area contributed by atoms with Crippen molar-refractivity contribution in [1.29, 1.82) is 0 Å². The number of benzene rings is 2. The molecular weight excluding hydrogens is 314 g/mol. The molecule has 1 fully saturated rings. The average Bonchev–Trinajstić information content (AvgIpc) is 2.67. The third kappa shape index (κ3) is 3.40. The molecule has 4 heteroatoms. The van der Waals surface area contributed by atoms with Crippen LogP contribution in [0.25, 0.3) is 0 Å². The summed E-state index contributed by atoms with van der Waals surface area (Å²) >= 11 is 0. The second kappa shape index (κ2) is 7.28. The zero-order valence-corrected chi connectivity index (χ0v) is 15.2. The van der Waals surface area contributed by atoms with Crippen molar-refractivity contribution < 1.29 is 14.3 Å². The van der Waals surface area contributed by atoms with Crippen LogP contribution in [0.1, 0.15) is 37.1 Å². The highest BCUT2D eigenvalue weighted by atomic mass is 16.5. The van der Waals surface area contributed by atoms with Crippen LogP contribution in [0.5, 0.6) is 11.5 Å². The molecule has 1 heterocycles. The minimum absolute atomic E-state index is 0.0123. The molecule has 0 bridgehead atoms. The van der Waals surface area contributed by atoms with E-state index in [4.69, 9.17) is 9.47 Å². The average molecular weight is 339 g/mol. The van der Waals surface area contributed by atoms with Crippen molar-refractivity contribution in [3.63, 3.8) is 0 Å². The Morgan fingerprint density at radius 1 is 0.720 bits per heavy atom. The fourth-order valence-corrected chi connectivity index (χ4v) is 3.62. The van der Waals surface area contributed by atoms with Crippen molar-refractivity contribution in [2.75, 3.05) is 14.2 Å². The van der Waals surface area contributed by atoms with Crippen LogP contribution >= 0.6 is 0 Å². The fourth-order valence-electron chi connectivity index (χ4n) is 3.62. The van der Waals surface area contributed by atoms with E-state index in [1.54, 1.807) is 14.2 Å². The van der Waals surface area contributed by atoms with Crippen molar-refractivity contribution in [1.82, 2.24) is 5.32 Å². The molecule has 132 valence electrons. The highest BCUT2D eigenvalue weighted by Gasteiger charge is 2.40. The molecule has 2 aromatic rings. The number of hydrogen-bond donors (Lipinski definition) is 1. The lowest BCUT2D eigenvalue weighted by atomic mass is 9.76. The number of carbonyl (C=O) groups is 1. The quantitative estimate of drug-likeness (QED) is 0.917. The van der Waals surface area contributed by atoms with Crippen LogP contribution in [0, 0.1) is 11.8 Å². The predicted octanol–water partition coefficient (Wildman–Crippen LogP) is 3.93. The molecular formula is C21H25NO3. The van der Waals surface area contributed by atoms with E-state index < -0.39 is 0 Å². The molecule has 1 saturated heterocycles. The first kappa shape index (κ1) is 17.5. The third-order valence-corrected chi connectivity index (χ3v) is 5.21. The molecule has 4 atom stereocenters. The second-order valence-corrected chi connectivity index (χ2v) is 6.65. The largest absolute Gasteiger partial charge is 0.497 e. The van der Waals surface area contributed by atoms with Crippen LogP contribution in [0.15, 0.2) is 48.5 Å². The molecule has 25 heavy (non-hydrogen) atoms. The summed E-state index contributed by atoms with van der Waals surface area (Å²) in [5.74, 6) is 1.79. The van der Waals surface area contributed by atoms with Crippen LogP contribution in [-0.4, -0.2) is 20.0 Å². The number of piperidine rings is 1. The number of ether oxygens (including phenoxy) is 2. The summed E-state index contributed by atoms with van der Waals surface area (Å²) in [4.78, 5) is 12.8. The van der Waals surface area contributed by atoms with Gasteiger partial charge in [-0.25, -0.2) is 0 Å². The van der Waals surface area contributed by atoms with E-state index in [0.717, 1.165) is 22.6 Å². The summed E-state index contributed by atoms with van der Waals surface area (Å²) in [6.07, 6.45) is 0. The van der Waals surface area contributed by atoms with E-state index in [0.29, 0.717) is 5.78 Å². The van der Waals surface area contributed by atoms with Crippen molar-refractivity contribution in [3.05, 3.63) is 59.7 Å². The number of carbonyl (C=O) groups excluding carboxylic acids is 1. The van der Waals surface area contributed by atoms with E-state index >= 15 is 0 Å². The standard InChI is InChI=1S/C21H25NO3/c1-13-19(15-5-9-17(24-3)10-6-15)22-20(14(2)21(13)23)16-7-11-18(25-4)12-8-16/h5-14,19-20,22H,1-4H3/t13-,14+,19+,20-. The summed E-state index contributed by atoms with van der Waals surface area (Å²) in [6.45, 7) is 4.01. The molecule has 0 saturated carbocycles. The zero-order valence-electron chi connectivity index (χ0n) is 15.2. The highest BCUT2D eigenvalue weighted by molar-refractivity contribution is 5.85. The Morgan fingerprint density at radius 3 is 1.40 bits per heavy atom. The molecule has 1 N–H and O–H groups in total. The first-order chi connectivity index (χ1) is 12.0. The van der Waals surface area contributed by atoms with Crippen LogP contribution in [0.2, 0.25) is 0 Å². The molecule has 2 aromatic carbocycles. The van der Waals surface area contributed by atoms with Crippen molar-refractivity contribution in [2.24, 2.45) is 11.8 Å². The van der Waals surface area contributed by atoms with Crippen LogP contribution < -0.4 is 14.8 Å². The number of ketones is 1. The monoisotopic (exact) mass is 339 g/mol. The van der Waals surface area contributed by atoms with Crippen LogP contribution in [-0.2, 0) is 4.79 Å². The smallest absolute Gasteiger partial charge is 0.142 e. The molecule has 1 aliphatic heterocycles. The molecule has 0 unspecified atom stereocenters. The van der Waals surface area contributed by atoms with Gasteiger partial charge in [0.2, 0.25) is 0 Å². The van der Waals surface area contributed by atoms with Gasteiger partial charge in [-0.05, 0) is 35.4 Å². The number of rotatable bonds is 4. The molecule has 0 aliphatic carbocycles. The Morgan fingerprint density at radius 2 is 1.08 bits per heavy atom. The van der Waals surface area contributed by atoms with Crippen molar-refractivity contribution in [3.8, 4) is 11.5 Å². The van der Waals surface area contributed by atoms with Gasteiger partial charge in [0.25, 0.3) is 0 Å². The Balaban J connectivity index is 1.89. The van der Waals surface area contributed by atoms with Gasteiger partial charge < -0.3 is 14.8 Å². The zero-order chi connectivity index (χ0) is 18.0. The first-order valence-corrected chi connectivity index (χ1v) is 8.63. The topological polar surface area (TPSA) is 47.6 Å². The maximum absolute atomic E-state index is 12.8. The number of methoxy groups -OCH3 is 2. The molecule has 3 rings (SSSR count). The van der Waals surface area contributed by atoms with E-state index in [1.165, 1.54) is 0 Å². The highest BCUT2D eigenvalue weighted by Crippen LogP contribution is 2.38. The van der Waals surface area contributed by atoms with Gasteiger partial charge in [-0.15, -0.1) is 0 Å². The van der Waals surface area contributed by atoms with Gasteiger partial charge in [0.05, 0.1) is 14.2 Å². The maximum atomic E-state index is 12.8. The number of Topliss-reactive ketones (excluding diaryl/α,β-unsaturated/α-hetero) is 1. The van der Waals surface area contributed by atoms with Gasteiger partial charge in [-0.2, -0.15) is 0 Å². The summed E-state index contributed by atoms with van der Waals surface area (Å²) in [5.41, 5.74) is 2.21. The predicted molar refractivity (Wildman–Crippen MR) is 97.9 cm³/mol. The normalized spacial score (nSPS) is 26.3. The summed E-state index contributed by atoms with van der Waals surface area (Å²) in [7, 11) is 3.31. The Labute approximate surface area is 149 Å². The molecule has 4 nitrogen and oxygen atoms in total. The molecule has 0 amide bonds. The van der Waals surface area contributed by atoms with Gasteiger partial charge in [0.15, 0.2) is 0 Å². The van der Waals surface area contributed by atoms with Gasteiger partial charge in [0, 0.05) is 23.9 Å². The second-order valence-electron chi connectivity index (χ2n) is 6.65. The van der Waals surface area contributed by atoms with Gasteiger partial charge in [-0.3, -0.25) is 4.79 Å². The molecule has 0 radical (unpaired) electrons. The fraction of sp³-hybridized carbons (Fsp3) is 0.381. The third-order valence-electron chi connectivity index (χ3n) is 5.21. The molecule has 0 aromatic heterocycles. The lowest BCUT2D eigenvalue weighted by molar-refractivity contribution is -0.130. The Kier molecular flexibility index (Phi) is 5.09. The number of nitrogens with one attached hydrogen (secondary N) is 1. The van der Waals surface area contributed by atoms with Crippen molar-refractivity contribution >= 4 is 5.78 Å². The van der Waals surface area contributed by atoms with E-state index in [-0.39, 0.29) is 23.9 Å². The first-order valence-electron chi connectivity index (χ1n) is 8.63. The van der Waals surface area contributed by atoms with E-state index in [2.05, 4.69) is 5.32 Å². The van der Waals surface area contributed by atoms with Gasteiger partial charge >= 0.3 is 0 Å². The lowest BCUT2D eigenvalue weighted by Crippen LogP contribution is -2.46. The summed E-state index contributed by atoms with van der Waals surface area (Å²) < 4.78 is 10.5. The minimum atomic E-state index is -0.0714. The van der Waals surface area contributed by atoms with E-state index in [9.17, 15) is 4.79 Å². The summed E-state index contributed by atoms with van der Waals surface area (Å²) in [5, 5.41) is 3.69. The number of hydrogen-bond acceptors (Lipinski definition) is 4.